The summed E-state index contributed by atoms with van der Waals surface area (Å²) in [5.74, 6) is 0.222. The van der Waals surface area contributed by atoms with Crippen LogP contribution in [0.25, 0.3) is 0 Å². The van der Waals surface area contributed by atoms with Crippen LogP contribution in [0.3, 0.4) is 0 Å². The number of methoxy groups -OCH3 is 1. The van der Waals surface area contributed by atoms with Crippen molar-refractivity contribution in [1.82, 2.24) is 0 Å². The molecule has 20 heavy (non-hydrogen) atoms. The lowest BCUT2D eigenvalue weighted by Gasteiger charge is -2.11. The number of halogens is 2. The summed E-state index contributed by atoms with van der Waals surface area (Å²) in [5, 5.41) is 0.880. The molecule has 0 atom stereocenters. The third-order valence-electron chi connectivity index (χ3n) is 2.54. The summed E-state index contributed by atoms with van der Waals surface area (Å²) in [4.78, 5) is 11.5. The fraction of sp³-hybridized carbons (Fsp3) is 0.0714. The standard InChI is InChI=1S/C14H11Cl2NO3/c1-19-14(18)11-3-2-4-12(13(11)17)20-10-6-8(15)5-9(16)7-10/h2-7H,17H2,1H3. The molecule has 2 aromatic rings. The van der Waals surface area contributed by atoms with Crippen LogP contribution in [0.5, 0.6) is 11.5 Å². The zero-order valence-corrected chi connectivity index (χ0v) is 12.0. The third kappa shape index (κ3) is 3.15. The monoisotopic (exact) mass is 311 g/mol. The van der Waals surface area contributed by atoms with Crippen molar-refractivity contribution < 1.29 is 14.3 Å². The van der Waals surface area contributed by atoms with Gasteiger partial charge in [0.15, 0.2) is 5.75 Å². The summed E-state index contributed by atoms with van der Waals surface area (Å²) in [6.07, 6.45) is 0. The SMILES string of the molecule is COC(=O)c1cccc(Oc2cc(Cl)cc(Cl)c2)c1N. The van der Waals surface area contributed by atoms with Crippen LogP contribution in [0.15, 0.2) is 36.4 Å². The molecule has 2 aromatic carbocycles. The van der Waals surface area contributed by atoms with Gasteiger partial charge in [-0.1, -0.05) is 29.3 Å². The summed E-state index contributed by atoms with van der Waals surface area (Å²) in [7, 11) is 1.28. The van der Waals surface area contributed by atoms with E-state index in [1.165, 1.54) is 7.11 Å². The van der Waals surface area contributed by atoms with Crippen LogP contribution >= 0.6 is 23.2 Å². The van der Waals surface area contributed by atoms with Gasteiger partial charge < -0.3 is 15.2 Å². The maximum absolute atomic E-state index is 11.5. The number of ether oxygens (including phenoxy) is 2. The molecule has 0 aliphatic heterocycles. The average Bonchev–Trinajstić information content (AvgIpc) is 2.39. The van der Waals surface area contributed by atoms with Crippen molar-refractivity contribution in [2.45, 2.75) is 0 Å². The Morgan fingerprint density at radius 2 is 1.80 bits per heavy atom. The lowest BCUT2D eigenvalue weighted by atomic mass is 10.1. The highest BCUT2D eigenvalue weighted by Crippen LogP contribution is 2.33. The quantitative estimate of drug-likeness (QED) is 0.683. The molecule has 0 heterocycles. The number of para-hydroxylation sites is 1. The molecule has 4 nitrogen and oxygen atoms in total. The van der Waals surface area contributed by atoms with E-state index in [0.717, 1.165) is 0 Å². The molecule has 0 aromatic heterocycles. The second-order valence-corrected chi connectivity index (χ2v) is 4.79. The van der Waals surface area contributed by atoms with Gasteiger partial charge >= 0.3 is 5.97 Å². The largest absolute Gasteiger partial charge is 0.465 e. The van der Waals surface area contributed by atoms with Crippen LogP contribution in [0, 0.1) is 0 Å². The fourth-order valence-corrected chi connectivity index (χ4v) is 2.14. The Balaban J connectivity index is 2.36. The van der Waals surface area contributed by atoms with Gasteiger partial charge in [-0.05, 0) is 30.3 Å². The predicted octanol–water partition coefficient (Wildman–Crippen LogP) is 4.15. The lowest BCUT2D eigenvalue weighted by molar-refractivity contribution is 0.0601. The number of nitrogens with two attached hydrogens (primary N) is 1. The molecule has 0 unspecified atom stereocenters. The van der Waals surface area contributed by atoms with E-state index in [9.17, 15) is 4.79 Å². The minimum atomic E-state index is -0.530. The number of carbonyl (C=O) groups is 1. The van der Waals surface area contributed by atoms with E-state index in [-0.39, 0.29) is 11.3 Å². The second-order valence-electron chi connectivity index (χ2n) is 3.92. The Morgan fingerprint density at radius 1 is 1.15 bits per heavy atom. The van der Waals surface area contributed by atoms with E-state index in [4.69, 9.17) is 33.7 Å². The van der Waals surface area contributed by atoms with E-state index < -0.39 is 5.97 Å². The van der Waals surface area contributed by atoms with Crippen molar-refractivity contribution in [2.24, 2.45) is 0 Å². The van der Waals surface area contributed by atoms with Gasteiger partial charge in [0.05, 0.1) is 18.4 Å². The fourth-order valence-electron chi connectivity index (χ4n) is 1.64. The average molecular weight is 312 g/mol. The number of carbonyl (C=O) groups excluding carboxylic acids is 1. The normalized spacial score (nSPS) is 10.2. The molecule has 0 spiro atoms. The summed E-state index contributed by atoms with van der Waals surface area (Å²) < 4.78 is 10.2. The van der Waals surface area contributed by atoms with Crippen LogP contribution in [0.2, 0.25) is 10.0 Å². The smallest absolute Gasteiger partial charge is 0.340 e. The molecule has 0 aliphatic carbocycles. The summed E-state index contributed by atoms with van der Waals surface area (Å²) in [5.41, 5.74) is 6.32. The molecule has 2 rings (SSSR count). The van der Waals surface area contributed by atoms with Gasteiger partial charge in [0, 0.05) is 10.0 Å². The minimum absolute atomic E-state index is 0.190. The molecule has 0 saturated heterocycles. The first-order chi connectivity index (χ1) is 9.51. The maximum atomic E-state index is 11.5. The molecule has 0 amide bonds. The Morgan fingerprint density at radius 3 is 2.40 bits per heavy atom. The highest BCUT2D eigenvalue weighted by molar-refractivity contribution is 6.34. The molecular formula is C14H11Cl2NO3. The molecule has 0 bridgehead atoms. The van der Waals surface area contributed by atoms with Crippen LogP contribution in [-0.2, 0) is 4.74 Å². The molecule has 104 valence electrons. The van der Waals surface area contributed by atoms with E-state index >= 15 is 0 Å². The Kier molecular flexibility index (Phi) is 4.37. The van der Waals surface area contributed by atoms with Gasteiger partial charge in [0.25, 0.3) is 0 Å². The number of rotatable bonds is 3. The summed E-state index contributed by atoms with van der Waals surface area (Å²) >= 11 is 11.8. The van der Waals surface area contributed by atoms with Crippen LogP contribution in [0.1, 0.15) is 10.4 Å². The molecular weight excluding hydrogens is 301 g/mol. The number of anilines is 1. The molecule has 0 fully saturated rings. The van der Waals surface area contributed by atoms with E-state index in [1.807, 2.05) is 0 Å². The van der Waals surface area contributed by atoms with E-state index in [0.29, 0.717) is 21.5 Å². The van der Waals surface area contributed by atoms with Crippen LogP contribution in [0.4, 0.5) is 5.69 Å². The molecule has 2 N–H and O–H groups in total. The van der Waals surface area contributed by atoms with Gasteiger partial charge in [0.1, 0.15) is 5.75 Å². The Bertz CT molecular complexity index is 639. The number of benzene rings is 2. The van der Waals surface area contributed by atoms with Crippen molar-refractivity contribution in [2.75, 3.05) is 12.8 Å². The number of hydrogen-bond acceptors (Lipinski definition) is 4. The zero-order chi connectivity index (χ0) is 14.7. The first-order valence-electron chi connectivity index (χ1n) is 5.62. The molecule has 0 radical (unpaired) electrons. The van der Waals surface area contributed by atoms with Gasteiger partial charge in [0.2, 0.25) is 0 Å². The van der Waals surface area contributed by atoms with Crippen molar-refractivity contribution >= 4 is 34.9 Å². The summed E-state index contributed by atoms with van der Waals surface area (Å²) in [6.45, 7) is 0. The van der Waals surface area contributed by atoms with Crippen molar-refractivity contribution in [3.8, 4) is 11.5 Å². The van der Waals surface area contributed by atoms with E-state index in [1.54, 1.807) is 36.4 Å². The third-order valence-corrected chi connectivity index (χ3v) is 2.97. The number of hydrogen-bond donors (Lipinski definition) is 1. The van der Waals surface area contributed by atoms with Crippen LogP contribution < -0.4 is 10.5 Å². The highest BCUT2D eigenvalue weighted by Gasteiger charge is 2.14. The molecule has 0 saturated carbocycles. The highest BCUT2D eigenvalue weighted by atomic mass is 35.5. The van der Waals surface area contributed by atoms with Crippen molar-refractivity contribution in [1.29, 1.82) is 0 Å². The minimum Gasteiger partial charge on any atom is -0.465 e. The molecule has 6 heteroatoms. The molecule has 0 aliphatic rings. The van der Waals surface area contributed by atoms with Gasteiger partial charge in [-0.3, -0.25) is 0 Å². The second kappa shape index (κ2) is 6.03. The Hall–Kier alpha value is -1.91. The summed E-state index contributed by atoms with van der Waals surface area (Å²) in [6, 6.07) is 9.61. The van der Waals surface area contributed by atoms with Gasteiger partial charge in [-0.2, -0.15) is 0 Å². The van der Waals surface area contributed by atoms with Crippen molar-refractivity contribution in [3.63, 3.8) is 0 Å². The lowest BCUT2D eigenvalue weighted by Crippen LogP contribution is -2.06. The Labute approximate surface area is 126 Å². The predicted molar refractivity (Wildman–Crippen MR) is 78.7 cm³/mol. The topological polar surface area (TPSA) is 61.5 Å². The van der Waals surface area contributed by atoms with Gasteiger partial charge in [-0.15, -0.1) is 0 Å². The first-order valence-corrected chi connectivity index (χ1v) is 6.37. The van der Waals surface area contributed by atoms with Gasteiger partial charge in [-0.25, -0.2) is 4.79 Å². The number of esters is 1. The maximum Gasteiger partial charge on any atom is 0.340 e. The zero-order valence-electron chi connectivity index (χ0n) is 10.5. The van der Waals surface area contributed by atoms with Crippen molar-refractivity contribution in [3.05, 3.63) is 52.0 Å². The van der Waals surface area contributed by atoms with E-state index in [2.05, 4.69) is 4.74 Å². The first kappa shape index (κ1) is 14.5. The van der Waals surface area contributed by atoms with Crippen LogP contribution in [-0.4, -0.2) is 13.1 Å². The number of nitrogen functional groups attached to an aromatic ring is 1.